The molecule has 4 rings (SSSR count). The highest BCUT2D eigenvalue weighted by molar-refractivity contribution is 7.92. The molecule has 0 radical (unpaired) electrons. The zero-order chi connectivity index (χ0) is 25.5. The van der Waals surface area contributed by atoms with Gasteiger partial charge in [-0.3, -0.25) is 0 Å². The molecule has 0 saturated carbocycles. The van der Waals surface area contributed by atoms with Gasteiger partial charge in [0.2, 0.25) is 0 Å². The number of urea groups is 1. The van der Waals surface area contributed by atoms with Crippen molar-refractivity contribution in [3.8, 4) is 5.69 Å². The van der Waals surface area contributed by atoms with Gasteiger partial charge in [0.1, 0.15) is 14.4 Å². The number of carbonyl (C=O) groups excluding carboxylic acids is 1. The topological polar surface area (TPSA) is 93.1 Å². The number of nitrogens with zero attached hydrogens (tertiary/aromatic N) is 2. The standard InChI is InChI=1S/C20H14Cl2F4N4O3S2/c21-14-7-16(34-18(14)22)35(32,33)29-19(31)27-9-15(23)13-6-1-10-8-28-30(17(10)13)12-4-2-11(3-5-12)20(24,25)26/h2-5,7-8H,1,6,9H2,(H2,27,29,31)/b15-13+. The monoisotopic (exact) mass is 568 g/mol. The van der Waals surface area contributed by atoms with Gasteiger partial charge in [-0.05, 0) is 48.7 Å². The lowest BCUT2D eigenvalue weighted by molar-refractivity contribution is -0.137. The molecule has 1 aromatic carbocycles. The molecule has 0 fully saturated rings. The lowest BCUT2D eigenvalue weighted by Gasteiger charge is -2.12. The minimum absolute atomic E-state index is 0.00919. The van der Waals surface area contributed by atoms with Gasteiger partial charge in [0.15, 0.2) is 0 Å². The highest BCUT2D eigenvalue weighted by Gasteiger charge is 2.31. The largest absolute Gasteiger partial charge is 0.416 e. The summed E-state index contributed by atoms with van der Waals surface area (Å²) in [6, 6.07) is 4.16. The van der Waals surface area contributed by atoms with Gasteiger partial charge in [-0.15, -0.1) is 11.3 Å². The molecule has 2 heterocycles. The first-order valence-corrected chi connectivity index (χ1v) is 12.8. The van der Waals surface area contributed by atoms with Crippen LogP contribution >= 0.6 is 34.5 Å². The molecule has 0 bridgehead atoms. The van der Waals surface area contributed by atoms with Crippen molar-refractivity contribution in [1.82, 2.24) is 19.8 Å². The summed E-state index contributed by atoms with van der Waals surface area (Å²) in [5, 5.41) is 6.30. The Kier molecular flexibility index (Phi) is 6.88. The fourth-order valence-corrected chi connectivity index (χ4v) is 6.26. The maximum absolute atomic E-state index is 15.0. The minimum atomic E-state index is -4.50. The first kappa shape index (κ1) is 25.5. The van der Waals surface area contributed by atoms with Gasteiger partial charge in [0.05, 0.1) is 34.7 Å². The van der Waals surface area contributed by atoms with Crippen molar-refractivity contribution in [2.24, 2.45) is 0 Å². The number of halogens is 6. The van der Waals surface area contributed by atoms with Gasteiger partial charge < -0.3 is 5.32 Å². The summed E-state index contributed by atoms with van der Waals surface area (Å²) in [6.07, 6.45) is -2.28. The Labute approximate surface area is 210 Å². The second kappa shape index (κ2) is 9.45. The van der Waals surface area contributed by atoms with E-state index < -0.39 is 40.2 Å². The third kappa shape index (κ3) is 5.32. The number of benzene rings is 1. The zero-order valence-corrected chi connectivity index (χ0v) is 20.4. The molecule has 186 valence electrons. The Hall–Kier alpha value is -2.61. The van der Waals surface area contributed by atoms with Gasteiger partial charge in [-0.25, -0.2) is 27.0 Å². The number of aryl methyl sites for hydroxylation is 1. The average molecular weight is 569 g/mol. The lowest BCUT2D eigenvalue weighted by Crippen LogP contribution is -2.39. The van der Waals surface area contributed by atoms with Crippen molar-refractivity contribution in [3.05, 3.63) is 68.5 Å². The van der Waals surface area contributed by atoms with Crippen LogP contribution in [0.4, 0.5) is 22.4 Å². The molecular weight excluding hydrogens is 555 g/mol. The van der Waals surface area contributed by atoms with E-state index in [9.17, 15) is 26.4 Å². The summed E-state index contributed by atoms with van der Waals surface area (Å²) >= 11 is 12.1. The number of nitrogens with one attached hydrogen (secondary N) is 2. The maximum atomic E-state index is 15.0. The van der Waals surface area contributed by atoms with Crippen LogP contribution in [0.5, 0.6) is 0 Å². The van der Waals surface area contributed by atoms with Crippen LogP contribution in [-0.4, -0.2) is 30.8 Å². The summed E-state index contributed by atoms with van der Waals surface area (Å²) in [5.41, 5.74) is 0.742. The number of alkyl halides is 3. The van der Waals surface area contributed by atoms with E-state index in [1.54, 1.807) is 4.72 Å². The van der Waals surface area contributed by atoms with Crippen LogP contribution in [0.3, 0.4) is 0 Å². The first-order chi connectivity index (χ1) is 16.4. The number of thiophene rings is 1. The molecule has 0 aliphatic heterocycles. The van der Waals surface area contributed by atoms with Crippen molar-refractivity contribution in [1.29, 1.82) is 0 Å². The average Bonchev–Trinajstić information content (AvgIpc) is 3.47. The Balaban J connectivity index is 1.50. The Morgan fingerprint density at radius 2 is 1.86 bits per heavy atom. The van der Waals surface area contributed by atoms with Crippen molar-refractivity contribution < 1.29 is 30.8 Å². The van der Waals surface area contributed by atoms with Crippen LogP contribution in [-0.2, 0) is 22.6 Å². The third-order valence-electron chi connectivity index (χ3n) is 5.06. The van der Waals surface area contributed by atoms with Crippen LogP contribution in [0.15, 0.2) is 46.6 Å². The number of amides is 2. The van der Waals surface area contributed by atoms with Crippen molar-refractivity contribution in [2.45, 2.75) is 23.2 Å². The summed E-state index contributed by atoms with van der Waals surface area (Å²) in [7, 11) is -4.27. The Morgan fingerprint density at radius 1 is 1.17 bits per heavy atom. The predicted octanol–water partition coefficient (Wildman–Crippen LogP) is 5.57. The maximum Gasteiger partial charge on any atom is 0.416 e. The van der Waals surface area contributed by atoms with Gasteiger partial charge in [-0.2, -0.15) is 18.3 Å². The first-order valence-electron chi connectivity index (χ1n) is 9.74. The van der Waals surface area contributed by atoms with Gasteiger partial charge in [0, 0.05) is 5.57 Å². The van der Waals surface area contributed by atoms with Gasteiger partial charge in [-0.1, -0.05) is 23.2 Å². The molecule has 1 aliphatic carbocycles. The molecule has 0 unspecified atom stereocenters. The van der Waals surface area contributed by atoms with Gasteiger partial charge in [0.25, 0.3) is 10.0 Å². The molecule has 2 aromatic heterocycles. The third-order valence-corrected chi connectivity index (χ3v) is 8.73. The molecule has 35 heavy (non-hydrogen) atoms. The smallest absolute Gasteiger partial charge is 0.331 e. The normalized spacial score (nSPS) is 15.1. The fourth-order valence-electron chi connectivity index (χ4n) is 3.45. The Bertz CT molecular complexity index is 1410. The molecule has 0 saturated heterocycles. The quantitative estimate of drug-likeness (QED) is 0.393. The van der Waals surface area contributed by atoms with E-state index >= 15 is 4.39 Å². The highest BCUT2D eigenvalue weighted by atomic mass is 35.5. The highest BCUT2D eigenvalue weighted by Crippen LogP contribution is 2.37. The Morgan fingerprint density at radius 3 is 2.46 bits per heavy atom. The van der Waals surface area contributed by atoms with E-state index in [2.05, 4.69) is 10.4 Å². The van der Waals surface area contributed by atoms with Crippen molar-refractivity contribution in [2.75, 3.05) is 6.54 Å². The number of carbonyl (C=O) groups is 1. The summed E-state index contributed by atoms with van der Waals surface area (Å²) in [6.45, 7) is -0.625. The molecule has 0 spiro atoms. The number of hydrogen-bond acceptors (Lipinski definition) is 5. The number of hydrogen-bond donors (Lipinski definition) is 2. The number of rotatable bonds is 5. The van der Waals surface area contributed by atoms with Gasteiger partial charge >= 0.3 is 12.2 Å². The van der Waals surface area contributed by atoms with Crippen LogP contribution in [0, 0.1) is 0 Å². The van der Waals surface area contributed by atoms with E-state index in [1.165, 1.54) is 23.0 Å². The SMILES string of the molecule is O=C(NC/C(F)=C1/CCc2cnn(-c3ccc(C(F)(F)F)cc3)c21)NS(=O)(=O)c1cc(Cl)c(Cl)s1. The second-order valence-corrected chi connectivity index (χ2v) is 11.3. The molecule has 1 aliphatic rings. The molecule has 3 aromatic rings. The molecular formula is C20H14Cl2F4N4O3S2. The predicted molar refractivity (Wildman–Crippen MR) is 123 cm³/mol. The number of aromatic nitrogens is 2. The van der Waals surface area contributed by atoms with Crippen LogP contribution < -0.4 is 10.0 Å². The van der Waals surface area contributed by atoms with Crippen LogP contribution in [0.25, 0.3) is 11.3 Å². The number of sulfonamides is 1. The van der Waals surface area contributed by atoms with E-state index in [-0.39, 0.29) is 25.6 Å². The minimum Gasteiger partial charge on any atom is -0.331 e. The van der Waals surface area contributed by atoms with Crippen molar-refractivity contribution >= 4 is 56.2 Å². The summed E-state index contributed by atoms with van der Waals surface area (Å²) < 4.78 is 80.9. The zero-order valence-electron chi connectivity index (χ0n) is 17.3. The molecule has 2 amide bonds. The second-order valence-electron chi connectivity index (χ2n) is 7.33. The van der Waals surface area contributed by atoms with E-state index in [4.69, 9.17) is 23.2 Å². The number of allylic oxidation sites excluding steroid dienone is 1. The molecule has 7 nitrogen and oxygen atoms in total. The van der Waals surface area contributed by atoms with Crippen LogP contribution in [0.2, 0.25) is 9.36 Å². The summed E-state index contributed by atoms with van der Waals surface area (Å²) in [4.78, 5) is 12.1. The van der Waals surface area contributed by atoms with E-state index in [1.807, 2.05) is 0 Å². The van der Waals surface area contributed by atoms with Crippen molar-refractivity contribution in [3.63, 3.8) is 0 Å². The van der Waals surface area contributed by atoms with Crippen LogP contribution in [0.1, 0.15) is 23.2 Å². The fraction of sp³-hybridized carbons (Fsp3) is 0.200. The molecule has 0 atom stereocenters. The summed E-state index contributed by atoms with van der Waals surface area (Å²) in [5.74, 6) is -0.743. The molecule has 2 N–H and O–H groups in total. The lowest BCUT2D eigenvalue weighted by atomic mass is 10.1. The van der Waals surface area contributed by atoms with E-state index in [0.717, 1.165) is 18.2 Å². The number of fused-ring (bicyclic) bond motifs is 1. The van der Waals surface area contributed by atoms with E-state index in [0.29, 0.717) is 34.7 Å². The molecule has 15 heteroatoms.